The van der Waals surface area contributed by atoms with Gasteiger partial charge in [0.1, 0.15) is 0 Å². The Morgan fingerprint density at radius 3 is 2.04 bits per heavy atom. The SMILES string of the molecule is CC1O[C@@H](C)C(OS(=O)(=O)O)[C@H](OCc2ccccc2)C1O[C@H]1OC(COS(=O)(=O)NCc2ccccc2)[C@@H](C)[C@H](P[B]B=O)C1NS(=O)(=O)O. The van der Waals surface area contributed by atoms with Crippen LogP contribution in [0.2, 0.25) is 0 Å². The normalized spacial score (nSPS) is 30.6. The van der Waals surface area contributed by atoms with Gasteiger partial charge in [0.25, 0.3) is 0 Å². The quantitative estimate of drug-likeness (QED) is 0.0926. The van der Waals surface area contributed by atoms with Crippen LogP contribution in [0, 0.1) is 5.92 Å². The summed E-state index contributed by atoms with van der Waals surface area (Å²) in [6, 6.07) is 16.1. The summed E-state index contributed by atoms with van der Waals surface area (Å²) >= 11 is 0. The molecule has 51 heavy (non-hydrogen) atoms. The van der Waals surface area contributed by atoms with Gasteiger partial charge in [-0.3, -0.25) is 0 Å². The zero-order valence-corrected chi connectivity index (χ0v) is 31.2. The van der Waals surface area contributed by atoms with E-state index in [0.717, 1.165) is 0 Å². The number of ether oxygens (including phenoxy) is 4. The van der Waals surface area contributed by atoms with E-state index in [0.29, 0.717) is 18.2 Å². The van der Waals surface area contributed by atoms with Crippen molar-refractivity contribution in [2.24, 2.45) is 5.92 Å². The van der Waals surface area contributed by atoms with Gasteiger partial charge in [-0.05, 0) is 0 Å². The van der Waals surface area contributed by atoms with Crippen LogP contribution in [0.25, 0.3) is 0 Å². The number of hydrogen-bond acceptors (Lipinski definition) is 13. The minimum atomic E-state index is -5.05. The third kappa shape index (κ3) is 13.0. The van der Waals surface area contributed by atoms with Crippen molar-refractivity contribution < 1.29 is 66.4 Å². The van der Waals surface area contributed by atoms with Gasteiger partial charge >= 0.3 is 266 Å². The molecule has 2 saturated heterocycles. The van der Waals surface area contributed by atoms with Crippen molar-refractivity contribution in [3.05, 3.63) is 71.8 Å². The van der Waals surface area contributed by atoms with Crippen LogP contribution >= 0.6 is 8.46 Å². The zero-order chi connectivity index (χ0) is 37.4. The van der Waals surface area contributed by atoms with Crippen LogP contribution in [0.4, 0.5) is 0 Å². The van der Waals surface area contributed by atoms with Crippen LogP contribution in [0.1, 0.15) is 31.9 Å². The molecule has 2 heterocycles. The molecule has 0 spiro atoms. The molecule has 0 saturated carbocycles. The molecule has 2 aliphatic rings. The summed E-state index contributed by atoms with van der Waals surface area (Å²) in [6.07, 6.45) is -8.62. The van der Waals surface area contributed by atoms with Crippen LogP contribution in [0.15, 0.2) is 60.7 Å². The summed E-state index contributed by atoms with van der Waals surface area (Å²) in [5, 5.41) is 0. The van der Waals surface area contributed by atoms with Gasteiger partial charge in [0.05, 0.1) is 0 Å². The molecule has 0 bridgehead atoms. The van der Waals surface area contributed by atoms with E-state index in [-0.39, 0.29) is 21.6 Å². The minimum absolute atomic E-state index is 0.0657. The van der Waals surface area contributed by atoms with E-state index in [1.54, 1.807) is 74.5 Å². The number of benzene rings is 2. The van der Waals surface area contributed by atoms with Crippen molar-refractivity contribution in [2.45, 2.75) is 88.5 Å². The summed E-state index contributed by atoms with van der Waals surface area (Å²) in [5.41, 5.74) is 0.535. The molecule has 6 unspecified atom stereocenters. The van der Waals surface area contributed by atoms with Crippen LogP contribution in [-0.2, 0) is 76.2 Å². The summed E-state index contributed by atoms with van der Waals surface area (Å²) in [7, 11) is -14.2. The molecule has 2 aromatic rings. The number of rotatable bonds is 18. The van der Waals surface area contributed by atoms with E-state index in [2.05, 4.69) is 9.44 Å². The molecule has 4 N–H and O–H groups in total. The van der Waals surface area contributed by atoms with Gasteiger partial charge in [-0.2, -0.15) is 0 Å². The van der Waals surface area contributed by atoms with Crippen molar-refractivity contribution >= 4 is 53.4 Å². The Labute approximate surface area is 301 Å². The summed E-state index contributed by atoms with van der Waals surface area (Å²) in [5.74, 6) is -0.691. The predicted molar refractivity (Wildman–Crippen MR) is 185 cm³/mol. The molecule has 1 radical (unpaired) electrons. The van der Waals surface area contributed by atoms with Crippen molar-refractivity contribution in [3.8, 4) is 0 Å². The third-order valence-electron chi connectivity index (χ3n) is 8.28. The third-order valence-corrected chi connectivity index (χ3v) is 11.9. The van der Waals surface area contributed by atoms with Gasteiger partial charge in [0.2, 0.25) is 0 Å². The first-order valence-electron chi connectivity index (χ1n) is 15.7. The maximum absolute atomic E-state index is 12.8. The fourth-order valence-electron chi connectivity index (χ4n) is 5.88. The molecular weight excluding hydrogens is 753 g/mol. The van der Waals surface area contributed by atoms with Crippen molar-refractivity contribution in [1.29, 1.82) is 0 Å². The molecular formula is C28H40B2N2O15PS3. The van der Waals surface area contributed by atoms with Gasteiger partial charge < -0.3 is 0 Å². The Morgan fingerprint density at radius 1 is 0.843 bits per heavy atom. The fourth-order valence-corrected chi connectivity index (χ4v) is 9.15. The second kappa shape index (κ2) is 18.5. The van der Waals surface area contributed by atoms with E-state index in [9.17, 15) is 39.1 Å². The molecule has 17 nitrogen and oxygen atoms in total. The zero-order valence-electron chi connectivity index (χ0n) is 27.7. The van der Waals surface area contributed by atoms with Crippen molar-refractivity contribution in [1.82, 2.24) is 9.44 Å². The number of hydrogen-bond donors (Lipinski definition) is 4. The average Bonchev–Trinajstić information content (AvgIpc) is 3.05. The summed E-state index contributed by atoms with van der Waals surface area (Å²) in [4.78, 5) is 0. The van der Waals surface area contributed by atoms with Crippen LogP contribution in [0.5, 0.6) is 0 Å². The first kappa shape index (κ1) is 42.0. The molecule has 2 aromatic carbocycles. The van der Waals surface area contributed by atoms with Gasteiger partial charge in [0.15, 0.2) is 0 Å². The Morgan fingerprint density at radius 2 is 1.45 bits per heavy atom. The summed E-state index contributed by atoms with van der Waals surface area (Å²) < 4.78 is 144. The maximum atomic E-state index is 12.8. The molecule has 2 fully saturated rings. The van der Waals surface area contributed by atoms with Crippen molar-refractivity contribution in [2.75, 3.05) is 6.61 Å². The topological polar surface area (TPSA) is 239 Å². The average molecular weight is 793 g/mol. The molecule has 0 amide bonds. The molecule has 281 valence electrons. The van der Waals surface area contributed by atoms with Crippen LogP contribution in [0.3, 0.4) is 0 Å². The molecule has 0 aromatic heterocycles. The molecule has 4 rings (SSSR count). The first-order valence-corrected chi connectivity index (χ1v) is 21.1. The Hall–Kier alpha value is -1.75. The van der Waals surface area contributed by atoms with Crippen LogP contribution < -0.4 is 9.44 Å². The Balaban J connectivity index is 1.65. The molecule has 0 aliphatic carbocycles. The van der Waals surface area contributed by atoms with E-state index in [4.69, 9.17) is 27.3 Å². The van der Waals surface area contributed by atoms with Gasteiger partial charge in [-0.25, -0.2) is 0 Å². The first-order chi connectivity index (χ1) is 24.0. The van der Waals surface area contributed by atoms with Crippen molar-refractivity contribution in [3.63, 3.8) is 0 Å². The van der Waals surface area contributed by atoms with E-state index in [1.165, 1.54) is 13.8 Å². The standard InChI is InChI=1S/C28H40B2N2O15PS3/c1-17-22(16-43-50(37,38)31-14-20-10-6-4-7-11-20)45-28(23(32-49(34,35)36)27(17)48-30-29-33)46-24-18(2)44-19(3)25(47-51(39,40)41)26(24)42-15-21-12-8-5-9-13-21/h4-13,17-19,22-28,31-32,48H,14-16H2,1-3H3,(H,34,35,36)(H,39,40,41)/t17-,18?,19+,22?,23?,24?,25?,26-,27+,28-/m1/s1. The van der Waals surface area contributed by atoms with E-state index >= 15 is 0 Å². The molecule has 11 atom stereocenters. The molecule has 23 heteroatoms. The monoisotopic (exact) mass is 793 g/mol. The van der Waals surface area contributed by atoms with E-state index < -0.39 is 98.1 Å². The van der Waals surface area contributed by atoms with Gasteiger partial charge in [-0.1, -0.05) is 36.4 Å². The second-order valence-electron chi connectivity index (χ2n) is 12.0. The number of nitrogens with one attached hydrogen (secondary N) is 2. The summed E-state index contributed by atoms with van der Waals surface area (Å²) in [6.45, 7) is 5.23. The second-order valence-corrected chi connectivity index (χ2v) is 17.0. The van der Waals surface area contributed by atoms with Gasteiger partial charge in [0, 0.05) is 0 Å². The van der Waals surface area contributed by atoms with E-state index in [1.807, 2.05) is 0 Å². The Bertz CT molecular complexity index is 1750. The van der Waals surface area contributed by atoms with Gasteiger partial charge in [-0.15, -0.1) is 0 Å². The molecule has 2 aliphatic heterocycles. The van der Waals surface area contributed by atoms with Crippen LogP contribution in [-0.4, -0.2) is 110 Å². The Kier molecular flexibility index (Phi) is 15.3. The predicted octanol–water partition coefficient (Wildman–Crippen LogP) is 0.756. The fraction of sp³-hybridized carbons (Fsp3) is 0.571.